The molecule has 3 aromatic carbocycles. The van der Waals surface area contributed by atoms with Gasteiger partial charge in [0.2, 0.25) is 0 Å². The third-order valence-corrected chi connectivity index (χ3v) is 5.24. The van der Waals surface area contributed by atoms with Crippen molar-refractivity contribution in [1.82, 2.24) is 0 Å². The normalized spacial score (nSPS) is 12.8. The molecule has 0 spiro atoms. The molecule has 0 unspecified atom stereocenters. The number of benzene rings is 3. The lowest BCUT2D eigenvalue weighted by Crippen LogP contribution is -2.06. The van der Waals surface area contributed by atoms with E-state index >= 15 is 0 Å². The molecule has 0 bridgehead atoms. The first-order chi connectivity index (χ1) is 13.0. The lowest BCUT2D eigenvalue weighted by molar-refractivity contribution is 0.492. The summed E-state index contributed by atoms with van der Waals surface area (Å²) in [7, 11) is -3.58. The third-order valence-electron chi connectivity index (χ3n) is 4.76. The molecule has 1 aliphatic carbocycles. The Hall–Kier alpha value is -2.85. The molecule has 0 aromatic heterocycles. The van der Waals surface area contributed by atoms with Crippen LogP contribution in [0.2, 0.25) is 0 Å². The Balaban J connectivity index is 1.83. The van der Waals surface area contributed by atoms with Crippen molar-refractivity contribution in [3.05, 3.63) is 83.4 Å². The molecule has 0 aliphatic heterocycles. The first-order valence-electron chi connectivity index (χ1n) is 8.83. The van der Waals surface area contributed by atoms with Gasteiger partial charge in [-0.05, 0) is 58.9 Å². The average molecular weight is 376 g/mol. The second-order valence-electron chi connectivity index (χ2n) is 6.71. The fourth-order valence-electron chi connectivity index (χ4n) is 3.69. The van der Waals surface area contributed by atoms with Gasteiger partial charge in [-0.2, -0.15) is 8.42 Å². The van der Waals surface area contributed by atoms with Crippen molar-refractivity contribution >= 4 is 16.2 Å². The van der Waals surface area contributed by atoms with Gasteiger partial charge in [0.25, 0.3) is 0 Å². The maximum atomic E-state index is 11.5. The zero-order valence-corrected chi connectivity index (χ0v) is 16.1. The standard InChI is InChI=1S/C23H20O3S/c1-3-7-18-14-17(12-13-23(18)26-27(2,24)25)20-10-6-11-21-19-9-5-4-8-16(19)15-22(20)21/h3-14H,15H2,1-2H3. The fraction of sp³-hybridized carbons (Fsp3) is 0.130. The Morgan fingerprint density at radius 3 is 2.44 bits per heavy atom. The molecule has 0 heterocycles. The van der Waals surface area contributed by atoms with Crippen LogP contribution in [0.5, 0.6) is 5.75 Å². The highest BCUT2D eigenvalue weighted by Crippen LogP contribution is 2.42. The van der Waals surface area contributed by atoms with E-state index in [4.69, 9.17) is 4.18 Å². The SMILES string of the molecule is CC=Cc1cc(-c2cccc3c2Cc2ccccc2-3)ccc1OS(C)(=O)=O. The summed E-state index contributed by atoms with van der Waals surface area (Å²) in [5.41, 5.74) is 8.17. The smallest absolute Gasteiger partial charge is 0.306 e. The van der Waals surface area contributed by atoms with E-state index in [1.54, 1.807) is 6.07 Å². The van der Waals surface area contributed by atoms with E-state index in [0.717, 1.165) is 23.8 Å². The highest BCUT2D eigenvalue weighted by molar-refractivity contribution is 7.86. The summed E-state index contributed by atoms with van der Waals surface area (Å²) in [6.45, 7) is 1.90. The molecule has 136 valence electrons. The maximum Gasteiger partial charge on any atom is 0.306 e. The first-order valence-corrected chi connectivity index (χ1v) is 10.6. The van der Waals surface area contributed by atoms with Crippen LogP contribution in [-0.2, 0) is 16.5 Å². The van der Waals surface area contributed by atoms with Crippen LogP contribution in [0.3, 0.4) is 0 Å². The lowest BCUT2D eigenvalue weighted by atomic mass is 9.94. The van der Waals surface area contributed by atoms with Crippen LogP contribution in [0, 0.1) is 0 Å². The van der Waals surface area contributed by atoms with Crippen LogP contribution in [0.15, 0.2) is 66.7 Å². The van der Waals surface area contributed by atoms with Crippen molar-refractivity contribution in [3.63, 3.8) is 0 Å². The molecule has 0 N–H and O–H groups in total. The number of allylic oxidation sites excluding steroid dienone is 1. The van der Waals surface area contributed by atoms with Gasteiger partial charge < -0.3 is 4.18 Å². The van der Waals surface area contributed by atoms with Crippen molar-refractivity contribution in [2.75, 3.05) is 6.26 Å². The molecular weight excluding hydrogens is 356 g/mol. The minimum atomic E-state index is -3.58. The number of hydrogen-bond donors (Lipinski definition) is 0. The van der Waals surface area contributed by atoms with Crippen molar-refractivity contribution < 1.29 is 12.6 Å². The average Bonchev–Trinajstić information content (AvgIpc) is 3.01. The van der Waals surface area contributed by atoms with Crippen LogP contribution in [0.4, 0.5) is 0 Å². The summed E-state index contributed by atoms with van der Waals surface area (Å²) in [6.07, 6.45) is 5.70. The van der Waals surface area contributed by atoms with Gasteiger partial charge in [0.05, 0.1) is 6.26 Å². The van der Waals surface area contributed by atoms with Gasteiger partial charge in [0.1, 0.15) is 5.75 Å². The predicted molar refractivity (Wildman–Crippen MR) is 110 cm³/mol. The van der Waals surface area contributed by atoms with E-state index in [2.05, 4.69) is 42.5 Å². The quantitative estimate of drug-likeness (QED) is 0.454. The zero-order valence-electron chi connectivity index (χ0n) is 15.3. The second-order valence-corrected chi connectivity index (χ2v) is 8.28. The predicted octanol–water partition coefficient (Wildman–Crippen LogP) is 5.30. The van der Waals surface area contributed by atoms with Gasteiger partial charge in [-0.15, -0.1) is 0 Å². The molecule has 27 heavy (non-hydrogen) atoms. The number of hydrogen-bond acceptors (Lipinski definition) is 3. The number of rotatable bonds is 4. The van der Waals surface area contributed by atoms with Crippen molar-refractivity contribution in [3.8, 4) is 28.0 Å². The van der Waals surface area contributed by atoms with Gasteiger partial charge in [0.15, 0.2) is 0 Å². The molecule has 0 radical (unpaired) electrons. The zero-order chi connectivity index (χ0) is 19.0. The van der Waals surface area contributed by atoms with E-state index in [9.17, 15) is 8.42 Å². The molecule has 0 fully saturated rings. The lowest BCUT2D eigenvalue weighted by Gasteiger charge is -2.12. The molecule has 3 aromatic rings. The molecule has 4 rings (SSSR count). The Bertz CT molecular complexity index is 1160. The molecule has 0 saturated heterocycles. The Kier molecular flexibility index (Phi) is 4.36. The maximum absolute atomic E-state index is 11.5. The summed E-state index contributed by atoms with van der Waals surface area (Å²) in [5, 5.41) is 0. The summed E-state index contributed by atoms with van der Waals surface area (Å²) < 4.78 is 28.2. The van der Waals surface area contributed by atoms with E-state index in [-0.39, 0.29) is 0 Å². The van der Waals surface area contributed by atoms with Crippen LogP contribution < -0.4 is 4.18 Å². The van der Waals surface area contributed by atoms with Crippen molar-refractivity contribution in [2.24, 2.45) is 0 Å². The van der Waals surface area contributed by atoms with Gasteiger partial charge in [0, 0.05) is 5.56 Å². The monoisotopic (exact) mass is 376 g/mol. The first kappa shape index (κ1) is 17.6. The Labute approximate surface area is 160 Å². The van der Waals surface area contributed by atoms with Crippen molar-refractivity contribution in [1.29, 1.82) is 0 Å². The molecule has 0 amide bonds. The Morgan fingerprint density at radius 2 is 1.67 bits per heavy atom. The fourth-order valence-corrected chi connectivity index (χ4v) is 4.17. The summed E-state index contributed by atoms with van der Waals surface area (Å²) >= 11 is 0. The second kappa shape index (κ2) is 6.71. The highest BCUT2D eigenvalue weighted by Gasteiger charge is 2.21. The summed E-state index contributed by atoms with van der Waals surface area (Å²) in [5.74, 6) is 0.343. The van der Waals surface area contributed by atoms with E-state index in [0.29, 0.717) is 5.75 Å². The molecular formula is C23H20O3S. The number of fused-ring (bicyclic) bond motifs is 3. The van der Waals surface area contributed by atoms with Crippen LogP contribution in [-0.4, -0.2) is 14.7 Å². The van der Waals surface area contributed by atoms with Gasteiger partial charge >= 0.3 is 10.1 Å². The summed E-state index contributed by atoms with van der Waals surface area (Å²) in [4.78, 5) is 0. The molecule has 0 saturated carbocycles. The minimum absolute atomic E-state index is 0.343. The largest absolute Gasteiger partial charge is 0.382 e. The van der Waals surface area contributed by atoms with Crippen molar-refractivity contribution in [2.45, 2.75) is 13.3 Å². The van der Waals surface area contributed by atoms with Gasteiger partial charge in [-0.25, -0.2) is 0 Å². The van der Waals surface area contributed by atoms with Crippen LogP contribution in [0.25, 0.3) is 28.3 Å². The molecule has 1 aliphatic rings. The Morgan fingerprint density at radius 1 is 0.926 bits per heavy atom. The van der Waals surface area contributed by atoms with Gasteiger partial charge in [-0.1, -0.05) is 60.7 Å². The van der Waals surface area contributed by atoms with E-state index in [1.165, 1.54) is 27.8 Å². The summed E-state index contributed by atoms with van der Waals surface area (Å²) in [6, 6.07) is 20.5. The molecule has 4 heteroatoms. The van der Waals surface area contributed by atoms with E-state index in [1.807, 2.05) is 31.2 Å². The molecule has 0 atom stereocenters. The van der Waals surface area contributed by atoms with Crippen LogP contribution in [0.1, 0.15) is 23.6 Å². The minimum Gasteiger partial charge on any atom is -0.382 e. The van der Waals surface area contributed by atoms with Gasteiger partial charge in [-0.3, -0.25) is 0 Å². The topological polar surface area (TPSA) is 43.4 Å². The molecule has 3 nitrogen and oxygen atoms in total. The highest BCUT2D eigenvalue weighted by atomic mass is 32.2. The van der Waals surface area contributed by atoms with Crippen LogP contribution >= 0.6 is 0 Å². The van der Waals surface area contributed by atoms with E-state index < -0.39 is 10.1 Å². The third kappa shape index (κ3) is 3.40.